The van der Waals surface area contributed by atoms with Crippen LogP contribution in [0.5, 0.6) is 17.2 Å². The third-order valence-corrected chi connectivity index (χ3v) is 5.61. The minimum Gasteiger partial charge on any atom is -0.497 e. The van der Waals surface area contributed by atoms with Gasteiger partial charge in [0, 0.05) is 18.6 Å². The predicted octanol–water partition coefficient (Wildman–Crippen LogP) is 5.36. The number of amides is 1. The molecule has 194 valence electrons. The van der Waals surface area contributed by atoms with Crippen LogP contribution in [-0.2, 0) is 17.8 Å². The zero-order chi connectivity index (χ0) is 26.6. The highest BCUT2D eigenvalue weighted by Crippen LogP contribution is 2.29. The summed E-state index contributed by atoms with van der Waals surface area (Å²) in [5.41, 5.74) is 6.46. The Bertz CT molecular complexity index is 1240. The van der Waals surface area contributed by atoms with Crippen molar-refractivity contribution >= 4 is 17.8 Å². The Morgan fingerprint density at radius 1 is 1.05 bits per heavy atom. The molecule has 0 aromatic heterocycles. The van der Waals surface area contributed by atoms with Gasteiger partial charge in [-0.05, 0) is 91.4 Å². The van der Waals surface area contributed by atoms with Crippen molar-refractivity contribution in [1.82, 2.24) is 5.43 Å². The van der Waals surface area contributed by atoms with Crippen LogP contribution in [0.4, 0.5) is 5.69 Å². The van der Waals surface area contributed by atoms with Crippen molar-refractivity contribution in [1.29, 1.82) is 0 Å². The molecule has 0 saturated heterocycles. The fraction of sp³-hybridized carbons (Fsp3) is 0.286. The van der Waals surface area contributed by atoms with Crippen molar-refractivity contribution < 1.29 is 23.9 Å². The number of carbonyl (C=O) groups is 1. The number of hydrazone groups is 1. The number of carbonyl (C=O) groups excluding carboxylic acids is 1. The first-order valence-electron chi connectivity index (χ1n) is 12.0. The van der Waals surface area contributed by atoms with Crippen molar-refractivity contribution in [3.8, 4) is 17.2 Å². The third kappa shape index (κ3) is 8.34. The van der Waals surface area contributed by atoms with Gasteiger partial charge in [-0.1, -0.05) is 6.07 Å². The number of methoxy groups -OCH3 is 1. The van der Waals surface area contributed by atoms with E-state index >= 15 is 0 Å². The standard InChI is InChI=1S/C28H31N3O6/c1-4-36-27-17-22(10-15-26(27)37-19-21-8-12-24(13-9-21)31(33)34)18-29-30-28(32)7-5-6-23-11-14-25(35-3)16-20(23)2/h8-18H,4-7,19H2,1-3H3,(H,30,32)/b29-18-. The number of benzene rings is 3. The monoisotopic (exact) mass is 505 g/mol. The molecule has 0 aliphatic heterocycles. The molecule has 1 amide bonds. The maximum atomic E-state index is 12.2. The van der Waals surface area contributed by atoms with Crippen LogP contribution < -0.4 is 19.6 Å². The number of non-ortho nitro benzene ring substituents is 1. The SMILES string of the molecule is CCOc1cc(/C=N\NC(=O)CCCc2ccc(OC)cc2C)ccc1OCc1ccc([N+](=O)[O-])cc1. The van der Waals surface area contributed by atoms with Crippen LogP contribution in [0.15, 0.2) is 65.8 Å². The minimum atomic E-state index is -0.441. The first-order valence-corrected chi connectivity index (χ1v) is 12.0. The molecular weight excluding hydrogens is 474 g/mol. The Balaban J connectivity index is 1.50. The van der Waals surface area contributed by atoms with E-state index in [4.69, 9.17) is 14.2 Å². The molecule has 0 spiro atoms. The summed E-state index contributed by atoms with van der Waals surface area (Å²) in [6.45, 7) is 4.58. The van der Waals surface area contributed by atoms with Crippen molar-refractivity contribution in [2.24, 2.45) is 5.10 Å². The van der Waals surface area contributed by atoms with Crippen LogP contribution in [0.2, 0.25) is 0 Å². The van der Waals surface area contributed by atoms with E-state index in [2.05, 4.69) is 10.5 Å². The Labute approximate surface area is 216 Å². The van der Waals surface area contributed by atoms with E-state index < -0.39 is 4.92 Å². The van der Waals surface area contributed by atoms with Crippen molar-refractivity contribution in [2.45, 2.75) is 39.7 Å². The van der Waals surface area contributed by atoms with Crippen LogP contribution in [0, 0.1) is 17.0 Å². The van der Waals surface area contributed by atoms with E-state index in [-0.39, 0.29) is 18.2 Å². The van der Waals surface area contributed by atoms with Gasteiger partial charge < -0.3 is 14.2 Å². The number of rotatable bonds is 13. The summed E-state index contributed by atoms with van der Waals surface area (Å²) in [5.74, 6) is 1.74. The molecule has 3 aromatic carbocycles. The Hall–Kier alpha value is -4.40. The van der Waals surface area contributed by atoms with Gasteiger partial charge in [0.1, 0.15) is 12.4 Å². The molecule has 0 aliphatic rings. The Kier molecular flexibility index (Phi) is 10.0. The smallest absolute Gasteiger partial charge is 0.269 e. The van der Waals surface area contributed by atoms with Crippen LogP contribution in [0.25, 0.3) is 0 Å². The van der Waals surface area contributed by atoms with E-state index in [0.29, 0.717) is 30.9 Å². The van der Waals surface area contributed by atoms with Gasteiger partial charge >= 0.3 is 0 Å². The zero-order valence-corrected chi connectivity index (χ0v) is 21.2. The van der Waals surface area contributed by atoms with E-state index in [1.807, 2.05) is 32.0 Å². The van der Waals surface area contributed by atoms with E-state index in [1.165, 1.54) is 17.7 Å². The maximum absolute atomic E-state index is 12.2. The molecule has 0 radical (unpaired) electrons. The molecule has 9 nitrogen and oxygen atoms in total. The first-order chi connectivity index (χ1) is 17.9. The van der Waals surface area contributed by atoms with Gasteiger partial charge in [-0.15, -0.1) is 0 Å². The fourth-order valence-electron chi connectivity index (χ4n) is 3.62. The molecule has 3 aromatic rings. The van der Waals surface area contributed by atoms with Gasteiger partial charge in [-0.3, -0.25) is 14.9 Å². The minimum absolute atomic E-state index is 0.0295. The number of nitro benzene ring substituents is 1. The van der Waals surface area contributed by atoms with Gasteiger partial charge in [0.05, 0.1) is 24.9 Å². The fourth-order valence-corrected chi connectivity index (χ4v) is 3.62. The molecule has 0 heterocycles. The normalized spacial score (nSPS) is 10.8. The second kappa shape index (κ2) is 13.6. The first kappa shape index (κ1) is 27.2. The van der Waals surface area contributed by atoms with Gasteiger partial charge in [-0.2, -0.15) is 5.10 Å². The maximum Gasteiger partial charge on any atom is 0.269 e. The van der Waals surface area contributed by atoms with Crippen molar-refractivity contribution in [2.75, 3.05) is 13.7 Å². The Morgan fingerprint density at radius 2 is 1.84 bits per heavy atom. The number of nitro groups is 1. The Morgan fingerprint density at radius 3 is 2.51 bits per heavy atom. The van der Waals surface area contributed by atoms with Crippen LogP contribution in [0.3, 0.4) is 0 Å². The largest absolute Gasteiger partial charge is 0.497 e. The number of nitrogens with zero attached hydrogens (tertiary/aromatic N) is 2. The molecule has 0 bridgehead atoms. The topological polar surface area (TPSA) is 112 Å². The third-order valence-electron chi connectivity index (χ3n) is 5.61. The summed E-state index contributed by atoms with van der Waals surface area (Å²) in [4.78, 5) is 22.5. The molecule has 37 heavy (non-hydrogen) atoms. The molecule has 0 unspecified atom stereocenters. The summed E-state index contributed by atoms with van der Waals surface area (Å²) in [5, 5.41) is 14.9. The van der Waals surface area contributed by atoms with Crippen molar-refractivity contribution in [3.05, 3.63) is 93.0 Å². The molecule has 0 atom stereocenters. The number of ether oxygens (including phenoxy) is 3. The predicted molar refractivity (Wildman–Crippen MR) is 141 cm³/mol. The quantitative estimate of drug-likeness (QED) is 0.190. The summed E-state index contributed by atoms with van der Waals surface area (Å²) in [6.07, 6.45) is 3.42. The van der Waals surface area contributed by atoms with E-state index in [1.54, 1.807) is 43.7 Å². The number of hydrogen-bond acceptors (Lipinski definition) is 7. The van der Waals surface area contributed by atoms with Gasteiger partial charge in [-0.25, -0.2) is 5.43 Å². The molecule has 0 saturated carbocycles. The second-order valence-corrected chi connectivity index (χ2v) is 8.29. The second-order valence-electron chi connectivity index (χ2n) is 8.29. The average Bonchev–Trinajstić information content (AvgIpc) is 2.89. The molecule has 0 aliphatic carbocycles. The molecule has 9 heteroatoms. The molecule has 3 rings (SSSR count). The molecule has 1 N–H and O–H groups in total. The van der Waals surface area contributed by atoms with Crippen molar-refractivity contribution in [3.63, 3.8) is 0 Å². The number of hydrogen-bond donors (Lipinski definition) is 1. The average molecular weight is 506 g/mol. The van der Waals surface area contributed by atoms with Crippen LogP contribution in [0.1, 0.15) is 42.0 Å². The summed E-state index contributed by atoms with van der Waals surface area (Å²) in [7, 11) is 1.64. The highest BCUT2D eigenvalue weighted by atomic mass is 16.6. The summed E-state index contributed by atoms with van der Waals surface area (Å²) >= 11 is 0. The summed E-state index contributed by atoms with van der Waals surface area (Å²) < 4.78 is 16.8. The molecular formula is C28H31N3O6. The molecule has 0 fully saturated rings. The van der Waals surface area contributed by atoms with E-state index in [9.17, 15) is 14.9 Å². The van der Waals surface area contributed by atoms with Crippen LogP contribution >= 0.6 is 0 Å². The lowest BCUT2D eigenvalue weighted by Gasteiger charge is -2.12. The highest BCUT2D eigenvalue weighted by molar-refractivity contribution is 5.83. The number of nitrogens with one attached hydrogen (secondary N) is 1. The van der Waals surface area contributed by atoms with Gasteiger partial charge in [0.25, 0.3) is 5.69 Å². The van der Waals surface area contributed by atoms with Gasteiger partial charge in [0.2, 0.25) is 5.91 Å². The van der Waals surface area contributed by atoms with E-state index in [0.717, 1.165) is 28.9 Å². The lowest BCUT2D eigenvalue weighted by molar-refractivity contribution is -0.384. The summed E-state index contributed by atoms with van der Waals surface area (Å²) in [6, 6.07) is 17.5. The van der Waals surface area contributed by atoms with Crippen LogP contribution in [-0.4, -0.2) is 30.8 Å². The van der Waals surface area contributed by atoms with Gasteiger partial charge in [0.15, 0.2) is 11.5 Å². The highest BCUT2D eigenvalue weighted by Gasteiger charge is 2.09. The zero-order valence-electron chi connectivity index (χ0n) is 21.2. The lowest BCUT2D eigenvalue weighted by Crippen LogP contribution is -2.17. The number of aryl methyl sites for hydroxylation is 2. The lowest BCUT2D eigenvalue weighted by atomic mass is 10.0.